The Morgan fingerprint density at radius 2 is 1.08 bits per heavy atom. The highest BCUT2D eigenvalue weighted by Gasteiger charge is 2.20. The van der Waals surface area contributed by atoms with Crippen molar-refractivity contribution in [3.63, 3.8) is 0 Å². The largest absolute Gasteiger partial charge is 0.673 e. The average molecular weight is 195 g/mol. The summed E-state index contributed by atoms with van der Waals surface area (Å²) in [6.45, 7) is 3.39. The van der Waals surface area contributed by atoms with Crippen LogP contribution < -0.4 is 0 Å². The van der Waals surface area contributed by atoms with Gasteiger partial charge in [-0.25, -0.2) is 0 Å². The molecule has 0 aliphatic heterocycles. The highest BCUT2D eigenvalue weighted by molar-refractivity contribution is 6.50. The molecule has 0 amide bonds. The van der Waals surface area contributed by atoms with Crippen molar-refractivity contribution in [2.45, 2.75) is 6.92 Å². The zero-order valence-corrected chi connectivity index (χ0v) is 7.65. The van der Waals surface area contributed by atoms with Crippen molar-refractivity contribution in [2.75, 3.05) is 27.7 Å². The third-order valence-electron chi connectivity index (χ3n) is 0.949. The van der Waals surface area contributed by atoms with Crippen molar-refractivity contribution in [2.24, 2.45) is 0 Å². The fraction of sp³-hybridized carbons (Fsp3) is 1.00. The van der Waals surface area contributed by atoms with Crippen molar-refractivity contribution in [1.29, 1.82) is 0 Å². The molecule has 0 saturated carbocycles. The molecular formula is C5H15BF5N. The first kappa shape index (κ1) is 17.7. The van der Waals surface area contributed by atoms with Crippen LogP contribution in [0.1, 0.15) is 6.92 Å². The van der Waals surface area contributed by atoms with E-state index in [-0.39, 0.29) is 4.70 Å². The maximum atomic E-state index is 9.75. The Bertz CT molecular complexity index is 91.0. The van der Waals surface area contributed by atoms with Gasteiger partial charge in [0.2, 0.25) is 0 Å². The second-order valence-corrected chi connectivity index (χ2v) is 3.10. The van der Waals surface area contributed by atoms with Gasteiger partial charge in [-0.05, 0) is 6.92 Å². The van der Waals surface area contributed by atoms with Gasteiger partial charge in [0.05, 0.1) is 27.7 Å². The Morgan fingerprint density at radius 3 is 1.08 bits per heavy atom. The first-order valence-corrected chi connectivity index (χ1v) is 3.24. The highest BCUT2D eigenvalue weighted by Crippen LogP contribution is 2.06. The minimum atomic E-state index is -6.00. The molecule has 12 heavy (non-hydrogen) atoms. The van der Waals surface area contributed by atoms with Crippen LogP contribution in [0, 0.1) is 0 Å². The van der Waals surface area contributed by atoms with E-state index in [1.165, 1.54) is 6.54 Å². The van der Waals surface area contributed by atoms with Gasteiger partial charge in [0.15, 0.2) is 0 Å². The van der Waals surface area contributed by atoms with Gasteiger partial charge >= 0.3 is 7.25 Å². The lowest BCUT2D eigenvalue weighted by Gasteiger charge is -2.20. The van der Waals surface area contributed by atoms with E-state index < -0.39 is 7.25 Å². The molecular weight excluding hydrogens is 180 g/mol. The molecule has 0 spiro atoms. The van der Waals surface area contributed by atoms with Crippen LogP contribution >= 0.6 is 0 Å². The molecule has 0 N–H and O–H groups in total. The molecule has 0 saturated heterocycles. The predicted molar refractivity (Wildman–Crippen MR) is 41.3 cm³/mol. The van der Waals surface area contributed by atoms with E-state index in [0.29, 0.717) is 0 Å². The van der Waals surface area contributed by atoms with E-state index in [0.717, 1.165) is 4.48 Å². The molecule has 0 rings (SSSR count). The monoisotopic (exact) mass is 195 g/mol. The minimum absolute atomic E-state index is 0. The normalized spacial score (nSPS) is 11.0. The maximum Gasteiger partial charge on any atom is 0.673 e. The molecule has 0 aliphatic rings. The summed E-state index contributed by atoms with van der Waals surface area (Å²) >= 11 is 0. The standard InChI is InChI=1S/C5H14N.BF4.FH/c1-5-6(2,3)4;2-1(3,4)5;/h5H2,1-4H3;;1H/q+1;-1;. The van der Waals surface area contributed by atoms with Crippen LogP contribution in [0.3, 0.4) is 0 Å². The van der Waals surface area contributed by atoms with Gasteiger partial charge in [0.25, 0.3) is 0 Å². The van der Waals surface area contributed by atoms with Crippen LogP contribution in [-0.2, 0) is 0 Å². The molecule has 0 aromatic carbocycles. The summed E-state index contributed by atoms with van der Waals surface area (Å²) in [5, 5.41) is 0. The van der Waals surface area contributed by atoms with Gasteiger partial charge < -0.3 is 21.7 Å². The van der Waals surface area contributed by atoms with Crippen molar-refractivity contribution in [3.8, 4) is 0 Å². The fourth-order valence-electron chi connectivity index (χ4n) is 0. The second kappa shape index (κ2) is 6.22. The number of quaternary nitrogens is 1. The SMILES string of the molecule is CC[N+](C)(C)C.F.F[B-](F)(F)F. The molecule has 0 aromatic heterocycles. The molecule has 0 radical (unpaired) electrons. The molecule has 0 aromatic rings. The average Bonchev–Trinajstić information content (AvgIpc) is 1.59. The summed E-state index contributed by atoms with van der Waals surface area (Å²) in [5.41, 5.74) is 0. The lowest BCUT2D eigenvalue weighted by atomic mass is 10.3. The van der Waals surface area contributed by atoms with E-state index in [1.807, 2.05) is 0 Å². The third-order valence-corrected chi connectivity index (χ3v) is 0.949. The Hall–Kier alpha value is -0.325. The summed E-state index contributed by atoms with van der Waals surface area (Å²) in [5.74, 6) is 0. The Balaban J connectivity index is -0.000000126. The smallest absolute Gasteiger partial charge is 0.418 e. The lowest BCUT2D eigenvalue weighted by molar-refractivity contribution is -0.868. The molecule has 0 atom stereocenters. The van der Waals surface area contributed by atoms with Gasteiger partial charge in [-0.1, -0.05) is 0 Å². The number of hydrogen-bond donors (Lipinski definition) is 0. The molecule has 7 heteroatoms. The number of rotatable bonds is 1. The molecule has 0 bridgehead atoms. The van der Waals surface area contributed by atoms with Crippen molar-refractivity contribution < 1.29 is 26.5 Å². The quantitative estimate of drug-likeness (QED) is 0.341. The Labute approximate surface area is 69.4 Å². The van der Waals surface area contributed by atoms with Gasteiger partial charge in [0.1, 0.15) is 0 Å². The first-order chi connectivity index (χ1) is 4.56. The van der Waals surface area contributed by atoms with Crippen LogP contribution in [0.4, 0.5) is 22.0 Å². The van der Waals surface area contributed by atoms with Crippen LogP contribution in [0.15, 0.2) is 0 Å². The number of hydrogen-bond acceptors (Lipinski definition) is 0. The number of halogens is 5. The molecule has 0 unspecified atom stereocenters. The zero-order chi connectivity index (χ0) is 9.71. The summed E-state index contributed by atoms with van der Waals surface area (Å²) < 4.78 is 40.1. The van der Waals surface area contributed by atoms with Crippen molar-refractivity contribution in [3.05, 3.63) is 0 Å². The van der Waals surface area contributed by atoms with Gasteiger partial charge in [-0.15, -0.1) is 0 Å². The Kier molecular flexibility index (Phi) is 9.16. The zero-order valence-electron chi connectivity index (χ0n) is 7.65. The summed E-state index contributed by atoms with van der Waals surface area (Å²) in [6, 6.07) is 0. The van der Waals surface area contributed by atoms with E-state index in [4.69, 9.17) is 0 Å². The van der Waals surface area contributed by atoms with Crippen LogP contribution in [-0.4, -0.2) is 39.4 Å². The van der Waals surface area contributed by atoms with Gasteiger partial charge in [-0.3, -0.25) is 4.70 Å². The van der Waals surface area contributed by atoms with Crippen LogP contribution in [0.2, 0.25) is 0 Å². The molecule has 1 nitrogen and oxygen atoms in total. The lowest BCUT2D eigenvalue weighted by Crippen LogP contribution is -2.33. The topological polar surface area (TPSA) is 0 Å². The molecule has 78 valence electrons. The van der Waals surface area contributed by atoms with Gasteiger partial charge in [0, 0.05) is 0 Å². The highest BCUT2D eigenvalue weighted by atomic mass is 19.5. The Morgan fingerprint density at radius 1 is 1.00 bits per heavy atom. The number of nitrogens with zero attached hydrogens (tertiary/aromatic N) is 1. The van der Waals surface area contributed by atoms with Gasteiger partial charge in [-0.2, -0.15) is 0 Å². The van der Waals surface area contributed by atoms with Crippen molar-refractivity contribution in [1.82, 2.24) is 0 Å². The summed E-state index contributed by atoms with van der Waals surface area (Å²) in [4.78, 5) is 0. The van der Waals surface area contributed by atoms with Crippen molar-refractivity contribution >= 4 is 7.25 Å². The molecule has 0 fully saturated rings. The third kappa shape index (κ3) is 102. The second-order valence-electron chi connectivity index (χ2n) is 3.10. The predicted octanol–water partition coefficient (Wildman–Crippen LogP) is 2.17. The van der Waals surface area contributed by atoms with E-state index >= 15 is 0 Å². The van der Waals surface area contributed by atoms with Crippen LogP contribution in [0.5, 0.6) is 0 Å². The van der Waals surface area contributed by atoms with E-state index in [2.05, 4.69) is 28.1 Å². The summed E-state index contributed by atoms with van der Waals surface area (Å²) in [6.07, 6.45) is 0. The van der Waals surface area contributed by atoms with E-state index in [9.17, 15) is 17.3 Å². The summed E-state index contributed by atoms with van der Waals surface area (Å²) in [7, 11) is 0.542. The molecule has 0 aliphatic carbocycles. The minimum Gasteiger partial charge on any atom is -0.418 e. The fourth-order valence-corrected chi connectivity index (χ4v) is 0. The first-order valence-electron chi connectivity index (χ1n) is 3.24. The molecule has 0 heterocycles. The van der Waals surface area contributed by atoms with E-state index in [1.54, 1.807) is 0 Å². The van der Waals surface area contributed by atoms with Crippen LogP contribution in [0.25, 0.3) is 0 Å². The maximum absolute atomic E-state index is 9.75.